The van der Waals surface area contributed by atoms with E-state index in [0.717, 1.165) is 63.0 Å². The molecule has 5 aromatic carbocycles. The number of aromatic amines is 3. The van der Waals surface area contributed by atoms with Crippen molar-refractivity contribution in [3.05, 3.63) is 196 Å². The van der Waals surface area contributed by atoms with Crippen molar-refractivity contribution in [2.24, 2.45) is 0 Å². The second kappa shape index (κ2) is 25.3. The lowest BCUT2D eigenvalue weighted by Gasteiger charge is -2.37. The second-order valence-corrected chi connectivity index (χ2v) is 20.8. The van der Waals surface area contributed by atoms with Crippen LogP contribution in [0.3, 0.4) is 0 Å². The number of rotatable bonds is 16. The minimum absolute atomic E-state index is 0.0111. The van der Waals surface area contributed by atoms with Crippen molar-refractivity contribution in [1.29, 1.82) is 0 Å². The number of carboxylic acid groups (broad SMARTS) is 1. The molecule has 2 fully saturated rings. The van der Waals surface area contributed by atoms with Crippen molar-refractivity contribution in [2.45, 2.75) is 88.6 Å². The Morgan fingerprint density at radius 1 is 0.756 bits per heavy atom. The molecule has 13 nitrogen and oxygen atoms in total. The number of carboxylic acids is 1. The zero-order chi connectivity index (χ0) is 57.4. The summed E-state index contributed by atoms with van der Waals surface area (Å²) in [6, 6.07) is 27.8. The maximum absolute atomic E-state index is 15.2. The molecular formula is C63H59F5N6O7S. The molecule has 9 aromatic rings. The summed E-state index contributed by atoms with van der Waals surface area (Å²) in [5.41, 5.74) is 7.72. The highest BCUT2D eigenvalue weighted by Gasteiger charge is 2.40. The Morgan fingerprint density at radius 2 is 1.39 bits per heavy atom. The maximum Gasteiger partial charge on any atom is 0.303 e. The number of aryl methyl sites for hydroxylation is 2. The summed E-state index contributed by atoms with van der Waals surface area (Å²) in [7, 11) is 0. The molecule has 4 aromatic heterocycles. The number of aromatic nitrogens is 6. The minimum atomic E-state index is -1.49. The minimum Gasteiger partial charge on any atom is -0.481 e. The normalized spacial score (nSPS) is 16.5. The number of aldehydes is 1. The molecule has 0 amide bonds. The fraction of sp³-hybridized carbons (Fsp3) is 0.286. The van der Waals surface area contributed by atoms with Gasteiger partial charge in [0, 0.05) is 104 Å². The molecule has 6 heterocycles. The quantitative estimate of drug-likeness (QED) is 0.0414. The highest BCUT2D eigenvalue weighted by molar-refractivity contribution is 7.16. The number of nitrogens with zero attached hydrogens (tertiary/aromatic N) is 3. The van der Waals surface area contributed by atoms with E-state index in [0.29, 0.717) is 81.4 Å². The largest absolute Gasteiger partial charge is 0.481 e. The van der Waals surface area contributed by atoms with Gasteiger partial charge in [-0.1, -0.05) is 62.4 Å². The first-order valence-electron chi connectivity index (χ1n) is 27.2. The first kappa shape index (κ1) is 57.0. The number of aliphatic carboxylic acids is 1. The van der Waals surface area contributed by atoms with E-state index in [2.05, 4.69) is 42.0 Å². The summed E-state index contributed by atoms with van der Waals surface area (Å²) in [6.45, 7) is 6.21. The number of imidazole rings is 2. The van der Waals surface area contributed by atoms with Gasteiger partial charge in [-0.25, -0.2) is 32.5 Å². The lowest BCUT2D eigenvalue weighted by molar-refractivity contribution is -0.137. The zero-order valence-corrected chi connectivity index (χ0v) is 45.8. The third-order valence-corrected chi connectivity index (χ3v) is 16.0. The van der Waals surface area contributed by atoms with Gasteiger partial charge in [0.2, 0.25) is 11.6 Å². The predicted molar refractivity (Wildman–Crippen MR) is 303 cm³/mol. The Kier molecular flexibility index (Phi) is 17.6. The number of fused-ring (bicyclic) bond motifs is 2. The number of halogens is 5. The van der Waals surface area contributed by atoms with E-state index in [1.165, 1.54) is 30.5 Å². The Morgan fingerprint density at radius 3 is 2.06 bits per heavy atom. The number of thiazole rings is 1. The van der Waals surface area contributed by atoms with Crippen LogP contribution in [-0.4, -0.2) is 79.9 Å². The molecule has 0 spiro atoms. The fourth-order valence-electron chi connectivity index (χ4n) is 10.9. The van der Waals surface area contributed by atoms with E-state index in [4.69, 9.17) is 24.1 Å². The van der Waals surface area contributed by atoms with Crippen LogP contribution in [0.25, 0.3) is 38.1 Å². The van der Waals surface area contributed by atoms with Crippen LogP contribution in [0.15, 0.2) is 133 Å². The first-order chi connectivity index (χ1) is 39.9. The third kappa shape index (κ3) is 11.9. The summed E-state index contributed by atoms with van der Waals surface area (Å²) < 4.78 is 98.3. The molecule has 1 atom stereocenters. The molecule has 82 heavy (non-hydrogen) atoms. The summed E-state index contributed by atoms with van der Waals surface area (Å²) in [5, 5.41) is 8.94. The third-order valence-electron chi connectivity index (χ3n) is 15.2. The molecule has 4 N–H and O–H groups in total. The summed E-state index contributed by atoms with van der Waals surface area (Å²) in [4.78, 5) is 44.6. The molecular weight excluding hydrogens is 1080 g/mol. The van der Waals surface area contributed by atoms with Crippen molar-refractivity contribution >= 4 is 50.3 Å². The molecule has 0 radical (unpaired) electrons. The molecule has 1 unspecified atom stereocenters. The highest BCUT2D eigenvalue weighted by atomic mass is 32.1. The molecule has 0 bridgehead atoms. The van der Waals surface area contributed by atoms with Crippen molar-refractivity contribution in [2.75, 3.05) is 26.4 Å². The Labute approximate surface area is 473 Å². The molecule has 12 rings (SSSR count). The Bertz CT molecular complexity index is 3800. The van der Waals surface area contributed by atoms with Crippen LogP contribution in [0.4, 0.5) is 22.0 Å². The Hall–Kier alpha value is -8.26. The van der Waals surface area contributed by atoms with Gasteiger partial charge >= 0.3 is 5.97 Å². The van der Waals surface area contributed by atoms with E-state index in [1.54, 1.807) is 35.2 Å². The van der Waals surface area contributed by atoms with Crippen LogP contribution < -0.4 is 9.47 Å². The average molecular weight is 1140 g/mol. The molecule has 3 aliphatic rings. The summed E-state index contributed by atoms with van der Waals surface area (Å²) in [6.07, 6.45) is 11.1. The van der Waals surface area contributed by atoms with E-state index < -0.39 is 40.8 Å². The SMILES string of the molecule is CC.O=C(O)CCc1cccc(C2(c3cnc(C4=CC(Oc5c(F)c(F)c6[nH]ccc6c5F)=CCC4F)[nH]3)CCOCC2)c1.O=CCCc1cccc(C2(c3cnc(-c4cc(Oc5ccc6scnc6c5)ccc4F)[nH]3)CCOCC2)c1. The van der Waals surface area contributed by atoms with Crippen molar-refractivity contribution in [1.82, 2.24) is 29.9 Å². The van der Waals surface area contributed by atoms with Crippen molar-refractivity contribution in [3.63, 3.8) is 0 Å². The molecule has 19 heteroatoms. The highest BCUT2D eigenvalue weighted by Crippen LogP contribution is 2.44. The van der Waals surface area contributed by atoms with Crippen LogP contribution in [0.1, 0.15) is 98.3 Å². The van der Waals surface area contributed by atoms with E-state index in [9.17, 15) is 22.8 Å². The summed E-state index contributed by atoms with van der Waals surface area (Å²) >= 11 is 1.57. The lowest BCUT2D eigenvalue weighted by Crippen LogP contribution is -2.35. The first-order valence-corrected chi connectivity index (χ1v) is 28.1. The van der Waals surface area contributed by atoms with Gasteiger partial charge in [-0.3, -0.25) is 4.79 Å². The smallest absolute Gasteiger partial charge is 0.303 e. The number of carbonyl (C=O) groups is 2. The molecule has 2 aliphatic heterocycles. The second-order valence-electron chi connectivity index (χ2n) is 20.0. The van der Waals surface area contributed by atoms with Gasteiger partial charge in [-0.05, 0) is 109 Å². The van der Waals surface area contributed by atoms with Gasteiger partial charge in [0.25, 0.3) is 0 Å². The number of ether oxygens (including phenoxy) is 4. The van der Waals surface area contributed by atoms with Gasteiger partial charge in [0.1, 0.15) is 47.2 Å². The number of hydrogen-bond donors (Lipinski definition) is 4. The molecule has 2 saturated heterocycles. The number of H-pyrrole nitrogens is 3. The van der Waals surface area contributed by atoms with Gasteiger partial charge < -0.3 is 43.8 Å². The van der Waals surface area contributed by atoms with Crippen LogP contribution in [0, 0.1) is 23.3 Å². The fourth-order valence-corrected chi connectivity index (χ4v) is 11.6. The number of nitrogens with one attached hydrogen (secondary N) is 3. The topological polar surface area (TPSA) is 177 Å². The van der Waals surface area contributed by atoms with Crippen LogP contribution in [0.5, 0.6) is 17.2 Å². The predicted octanol–water partition coefficient (Wildman–Crippen LogP) is 14.4. The van der Waals surface area contributed by atoms with Crippen molar-refractivity contribution in [3.8, 4) is 28.6 Å². The number of benzene rings is 5. The van der Waals surface area contributed by atoms with E-state index in [-0.39, 0.29) is 52.1 Å². The number of carbonyl (C=O) groups excluding carboxylic acids is 1. The van der Waals surface area contributed by atoms with Crippen LogP contribution in [-0.2, 0) is 42.7 Å². The molecule has 1 aliphatic carbocycles. The van der Waals surface area contributed by atoms with Crippen LogP contribution >= 0.6 is 11.3 Å². The molecule has 0 saturated carbocycles. The Balaban J connectivity index is 0.000000179. The van der Waals surface area contributed by atoms with Gasteiger partial charge in [-0.15, -0.1) is 11.3 Å². The van der Waals surface area contributed by atoms with E-state index >= 15 is 8.78 Å². The van der Waals surface area contributed by atoms with Gasteiger partial charge in [-0.2, -0.15) is 4.39 Å². The average Bonchev–Trinajstić information content (AvgIpc) is 3.33. The summed E-state index contributed by atoms with van der Waals surface area (Å²) in [5.74, 6) is -4.24. The number of allylic oxidation sites excluding steroid dienone is 3. The maximum atomic E-state index is 15.2. The number of alkyl halides is 1. The zero-order valence-electron chi connectivity index (χ0n) is 45.0. The molecule has 424 valence electrons. The monoisotopic (exact) mass is 1140 g/mol. The van der Waals surface area contributed by atoms with Gasteiger partial charge in [0.15, 0.2) is 11.6 Å². The number of hydrogen-bond acceptors (Lipinski definition) is 10. The van der Waals surface area contributed by atoms with Gasteiger partial charge in [0.05, 0.1) is 26.8 Å². The lowest BCUT2D eigenvalue weighted by atomic mass is 9.71. The standard InChI is InChI=1S/C31H27F4N3O4.C30H26FN3O3S.C2H6/c32-22-6-5-19(42-29-25(33)20-8-11-36-28(20)26(34)27(29)35)15-21(22)30-37-16-23(38-30)31(9-12-41-13-10-31)18-3-1-2-17(14-18)4-7-24(39)40;31-25-8-6-22(37-23-7-9-27-26(17-23)33-19-38-27)16-24(25)29-32-18-28(34-29)30(10-13-36-14-11-30)21-5-1-3-20(15-21)4-2-12-35;1-2/h1-3,5,8,11,14-16,22,36H,4,6-7,9-10,12-13H2,(H,37,38)(H,39,40);1,3,5-9,12,15-19H,2,4,10-11,13-14H2,(H,32,34);1-2H3. The van der Waals surface area contributed by atoms with E-state index in [1.807, 2.05) is 74.6 Å². The van der Waals surface area contributed by atoms with Crippen LogP contribution in [0.2, 0.25) is 0 Å². The van der Waals surface area contributed by atoms with Crippen molar-refractivity contribution < 1.29 is 55.6 Å².